The Hall–Kier alpha value is -2.82. The maximum absolute atomic E-state index is 11.7. The summed E-state index contributed by atoms with van der Waals surface area (Å²) < 4.78 is 5.33. The molecule has 102 valence electrons. The molecule has 0 aliphatic carbocycles. The summed E-state index contributed by atoms with van der Waals surface area (Å²) in [7, 11) is 0. The van der Waals surface area contributed by atoms with Crippen LogP contribution in [-0.2, 0) is 9.59 Å². The molecule has 2 rings (SSSR count). The van der Waals surface area contributed by atoms with Gasteiger partial charge in [-0.1, -0.05) is 18.2 Å². The van der Waals surface area contributed by atoms with Gasteiger partial charge in [-0.15, -0.1) is 0 Å². The minimum absolute atomic E-state index is 0.0572. The summed E-state index contributed by atoms with van der Waals surface area (Å²) in [5.41, 5.74) is 1.31. The van der Waals surface area contributed by atoms with Gasteiger partial charge in [-0.3, -0.25) is 9.59 Å². The molecule has 0 radical (unpaired) electrons. The molecule has 0 fully saturated rings. The van der Waals surface area contributed by atoms with Gasteiger partial charge in [0.1, 0.15) is 5.75 Å². The number of carbonyl (C=O) groups is 2. The van der Waals surface area contributed by atoms with Crippen LogP contribution in [-0.4, -0.2) is 18.9 Å². The predicted octanol–water partition coefficient (Wildman–Crippen LogP) is 2.27. The Morgan fingerprint density at radius 3 is 2.30 bits per heavy atom. The smallest absolute Gasteiger partial charge is 0.262 e. The largest absolute Gasteiger partial charge is 0.484 e. The topological polar surface area (TPSA) is 67.4 Å². The van der Waals surface area contributed by atoms with E-state index < -0.39 is 0 Å². The SMILES string of the molecule is O=CNc1ccc(NC(=O)COc2ccccc2)cc1. The molecule has 20 heavy (non-hydrogen) atoms. The van der Waals surface area contributed by atoms with E-state index in [1.54, 1.807) is 36.4 Å². The molecule has 2 N–H and O–H groups in total. The lowest BCUT2D eigenvalue weighted by Crippen LogP contribution is -2.20. The number of amides is 2. The van der Waals surface area contributed by atoms with Crippen LogP contribution in [0.1, 0.15) is 0 Å². The minimum atomic E-state index is -0.245. The first-order valence-electron chi connectivity index (χ1n) is 6.06. The monoisotopic (exact) mass is 270 g/mol. The van der Waals surface area contributed by atoms with E-state index in [4.69, 9.17) is 4.74 Å². The van der Waals surface area contributed by atoms with E-state index in [2.05, 4.69) is 10.6 Å². The third kappa shape index (κ3) is 4.13. The van der Waals surface area contributed by atoms with E-state index in [0.717, 1.165) is 0 Å². The number of anilines is 2. The molecule has 5 heteroatoms. The van der Waals surface area contributed by atoms with E-state index in [1.807, 2.05) is 18.2 Å². The van der Waals surface area contributed by atoms with Crippen LogP contribution in [0.4, 0.5) is 11.4 Å². The first kappa shape index (κ1) is 13.6. The van der Waals surface area contributed by atoms with Crippen LogP contribution in [0.3, 0.4) is 0 Å². The highest BCUT2D eigenvalue weighted by atomic mass is 16.5. The van der Waals surface area contributed by atoms with Gasteiger partial charge in [-0.2, -0.15) is 0 Å². The van der Waals surface area contributed by atoms with Gasteiger partial charge in [0.25, 0.3) is 5.91 Å². The number of rotatable bonds is 6. The number of benzene rings is 2. The van der Waals surface area contributed by atoms with Crippen LogP contribution >= 0.6 is 0 Å². The molecule has 5 nitrogen and oxygen atoms in total. The van der Waals surface area contributed by atoms with Gasteiger partial charge < -0.3 is 15.4 Å². The maximum atomic E-state index is 11.7. The van der Waals surface area contributed by atoms with Crippen molar-refractivity contribution in [1.82, 2.24) is 0 Å². The van der Waals surface area contributed by atoms with Crippen LogP contribution in [0.15, 0.2) is 54.6 Å². The number of carbonyl (C=O) groups excluding carboxylic acids is 2. The number of ether oxygens (including phenoxy) is 1. The molecule has 0 bridgehead atoms. The summed E-state index contributed by atoms with van der Waals surface area (Å²) in [6, 6.07) is 15.9. The summed E-state index contributed by atoms with van der Waals surface area (Å²) >= 11 is 0. The van der Waals surface area contributed by atoms with Crippen molar-refractivity contribution in [2.24, 2.45) is 0 Å². The van der Waals surface area contributed by atoms with Crippen molar-refractivity contribution in [1.29, 1.82) is 0 Å². The average molecular weight is 270 g/mol. The lowest BCUT2D eigenvalue weighted by molar-refractivity contribution is -0.118. The summed E-state index contributed by atoms with van der Waals surface area (Å²) in [6.45, 7) is -0.0572. The Kier molecular flexibility index (Phi) is 4.72. The van der Waals surface area contributed by atoms with Crippen LogP contribution in [0.5, 0.6) is 5.75 Å². The molecule has 0 aliphatic heterocycles. The first-order valence-corrected chi connectivity index (χ1v) is 6.06. The van der Waals surface area contributed by atoms with Crippen LogP contribution in [0.25, 0.3) is 0 Å². The third-order valence-electron chi connectivity index (χ3n) is 2.51. The minimum Gasteiger partial charge on any atom is -0.484 e. The van der Waals surface area contributed by atoms with Crippen molar-refractivity contribution in [3.05, 3.63) is 54.6 Å². The number of hydrogen-bond acceptors (Lipinski definition) is 3. The number of nitrogens with one attached hydrogen (secondary N) is 2. The highest BCUT2D eigenvalue weighted by molar-refractivity contribution is 5.92. The second kappa shape index (κ2) is 6.94. The van der Waals surface area contributed by atoms with E-state index in [1.165, 1.54) is 0 Å². The Morgan fingerprint density at radius 2 is 1.65 bits per heavy atom. The predicted molar refractivity (Wildman–Crippen MR) is 76.7 cm³/mol. The molecule has 0 aromatic heterocycles. The zero-order valence-electron chi connectivity index (χ0n) is 10.7. The van der Waals surface area contributed by atoms with E-state index in [-0.39, 0.29) is 12.5 Å². The van der Waals surface area contributed by atoms with E-state index >= 15 is 0 Å². The lowest BCUT2D eigenvalue weighted by Gasteiger charge is -2.08. The van der Waals surface area contributed by atoms with Crippen LogP contribution in [0.2, 0.25) is 0 Å². The van der Waals surface area contributed by atoms with Crippen molar-refractivity contribution in [2.45, 2.75) is 0 Å². The zero-order chi connectivity index (χ0) is 14.2. The fraction of sp³-hybridized carbons (Fsp3) is 0.0667. The molecule has 0 heterocycles. The molecule has 0 saturated heterocycles. The molecular weight excluding hydrogens is 256 g/mol. The molecule has 2 aromatic rings. The van der Waals surface area contributed by atoms with Crippen LogP contribution in [0, 0.1) is 0 Å². The van der Waals surface area contributed by atoms with Crippen molar-refractivity contribution in [2.75, 3.05) is 17.2 Å². The van der Waals surface area contributed by atoms with Crippen molar-refractivity contribution >= 4 is 23.7 Å². The Balaban J connectivity index is 1.83. The normalized spacial score (nSPS) is 9.60. The van der Waals surface area contributed by atoms with Gasteiger partial charge >= 0.3 is 0 Å². The van der Waals surface area contributed by atoms with Crippen molar-refractivity contribution < 1.29 is 14.3 Å². The van der Waals surface area contributed by atoms with E-state index in [0.29, 0.717) is 23.5 Å². The average Bonchev–Trinajstić information content (AvgIpc) is 2.49. The van der Waals surface area contributed by atoms with Gasteiger partial charge in [0, 0.05) is 11.4 Å². The Morgan fingerprint density at radius 1 is 1.00 bits per heavy atom. The lowest BCUT2D eigenvalue weighted by atomic mass is 10.3. The molecule has 0 saturated carbocycles. The highest BCUT2D eigenvalue weighted by Gasteiger charge is 2.03. The van der Waals surface area contributed by atoms with E-state index in [9.17, 15) is 9.59 Å². The maximum Gasteiger partial charge on any atom is 0.262 e. The standard InChI is InChI=1S/C15H14N2O3/c18-11-16-12-6-8-13(9-7-12)17-15(19)10-20-14-4-2-1-3-5-14/h1-9,11H,10H2,(H,16,18)(H,17,19). The van der Waals surface area contributed by atoms with Crippen molar-refractivity contribution in [3.63, 3.8) is 0 Å². The molecule has 0 aliphatic rings. The second-order valence-electron chi connectivity index (χ2n) is 3.99. The van der Waals surface area contributed by atoms with Crippen molar-refractivity contribution in [3.8, 4) is 5.75 Å². The number of hydrogen-bond donors (Lipinski definition) is 2. The summed E-state index contributed by atoms with van der Waals surface area (Å²) in [6.07, 6.45) is 0.598. The molecular formula is C15H14N2O3. The summed E-state index contributed by atoms with van der Waals surface area (Å²) in [5, 5.41) is 5.22. The molecule has 2 amide bonds. The first-order chi connectivity index (χ1) is 9.78. The second-order valence-corrected chi connectivity index (χ2v) is 3.99. The fourth-order valence-corrected chi connectivity index (χ4v) is 1.58. The highest BCUT2D eigenvalue weighted by Crippen LogP contribution is 2.13. The van der Waals surface area contributed by atoms with Gasteiger partial charge in [-0.25, -0.2) is 0 Å². The summed E-state index contributed by atoms with van der Waals surface area (Å²) in [5.74, 6) is 0.401. The Bertz CT molecular complexity index is 567. The number of para-hydroxylation sites is 1. The summed E-state index contributed by atoms with van der Waals surface area (Å²) in [4.78, 5) is 21.9. The van der Waals surface area contributed by atoms with Gasteiger partial charge in [0.2, 0.25) is 6.41 Å². The third-order valence-corrected chi connectivity index (χ3v) is 2.51. The van der Waals surface area contributed by atoms with Crippen LogP contribution < -0.4 is 15.4 Å². The van der Waals surface area contributed by atoms with Gasteiger partial charge in [0.05, 0.1) is 0 Å². The molecule has 0 spiro atoms. The zero-order valence-corrected chi connectivity index (χ0v) is 10.7. The molecule has 0 atom stereocenters. The fourth-order valence-electron chi connectivity index (χ4n) is 1.58. The van der Waals surface area contributed by atoms with Gasteiger partial charge in [0.15, 0.2) is 6.61 Å². The molecule has 2 aromatic carbocycles. The quantitative estimate of drug-likeness (QED) is 0.791. The Labute approximate surface area is 116 Å². The van der Waals surface area contributed by atoms with Gasteiger partial charge in [-0.05, 0) is 36.4 Å². The molecule has 0 unspecified atom stereocenters.